The van der Waals surface area contributed by atoms with Gasteiger partial charge in [-0.3, -0.25) is 4.79 Å². The summed E-state index contributed by atoms with van der Waals surface area (Å²) in [6.45, 7) is 1.31. The van der Waals surface area contributed by atoms with E-state index in [1.807, 2.05) is 0 Å². The Morgan fingerprint density at radius 2 is 1.93 bits per heavy atom. The van der Waals surface area contributed by atoms with Gasteiger partial charge in [0.1, 0.15) is 6.10 Å². The van der Waals surface area contributed by atoms with E-state index in [1.165, 1.54) is 6.92 Å². The van der Waals surface area contributed by atoms with E-state index in [9.17, 15) is 9.90 Å². The summed E-state index contributed by atoms with van der Waals surface area (Å²) in [4.78, 5) is 10.9. The maximum atomic E-state index is 10.9. The van der Waals surface area contributed by atoms with Gasteiger partial charge >= 0.3 is 0 Å². The molecule has 0 radical (unpaired) electrons. The largest absolute Gasteiger partial charge is 0.383 e. The Morgan fingerprint density at radius 1 is 1.43 bits per heavy atom. The number of carbonyl (C=O) groups is 1. The Balaban J connectivity index is 2.84. The Kier molecular flexibility index (Phi) is 3.63. The van der Waals surface area contributed by atoms with E-state index >= 15 is 0 Å². The highest BCUT2D eigenvalue weighted by Crippen LogP contribution is 2.17. The first kappa shape index (κ1) is 11.2. The highest BCUT2D eigenvalue weighted by Gasteiger charge is 2.20. The first-order chi connectivity index (χ1) is 6.52. The molecule has 2 atom stereocenters. The lowest BCUT2D eigenvalue weighted by molar-refractivity contribution is -0.125. The quantitative estimate of drug-likeness (QED) is 0.796. The number of aliphatic hydroxyl groups is 1. The minimum absolute atomic E-state index is 0.340. The van der Waals surface area contributed by atoms with Crippen LogP contribution in [0.3, 0.4) is 0 Å². The lowest BCUT2D eigenvalue weighted by Gasteiger charge is -2.16. The van der Waals surface area contributed by atoms with Gasteiger partial charge in [0.25, 0.3) is 0 Å². The molecule has 1 aromatic carbocycles. The van der Waals surface area contributed by atoms with Crippen LogP contribution in [0.5, 0.6) is 0 Å². The van der Waals surface area contributed by atoms with Crippen molar-refractivity contribution in [3.8, 4) is 0 Å². The van der Waals surface area contributed by atoms with Crippen LogP contribution < -0.4 is 5.73 Å². The fourth-order valence-corrected chi connectivity index (χ4v) is 1.25. The summed E-state index contributed by atoms with van der Waals surface area (Å²) in [5.41, 5.74) is 6.37. The zero-order chi connectivity index (χ0) is 10.7. The van der Waals surface area contributed by atoms with Gasteiger partial charge < -0.3 is 10.8 Å². The van der Waals surface area contributed by atoms with E-state index in [-0.39, 0.29) is 5.78 Å². The van der Waals surface area contributed by atoms with Crippen molar-refractivity contribution in [2.75, 3.05) is 0 Å². The van der Waals surface area contributed by atoms with Gasteiger partial charge in [0.05, 0.1) is 6.04 Å². The number of hydrogen-bond donors (Lipinski definition) is 2. The molecule has 0 saturated heterocycles. The average molecular weight is 214 g/mol. The van der Waals surface area contributed by atoms with Crippen LogP contribution in [-0.2, 0) is 4.79 Å². The number of rotatable bonds is 3. The summed E-state index contributed by atoms with van der Waals surface area (Å²) in [5.74, 6) is -0.340. The van der Waals surface area contributed by atoms with Gasteiger partial charge in [0.2, 0.25) is 0 Å². The molecule has 0 unspecified atom stereocenters. The molecule has 0 saturated carbocycles. The van der Waals surface area contributed by atoms with E-state index in [0.29, 0.717) is 10.6 Å². The molecule has 14 heavy (non-hydrogen) atoms. The van der Waals surface area contributed by atoms with Crippen LogP contribution in [0.2, 0.25) is 5.02 Å². The third kappa shape index (κ3) is 2.54. The predicted octanol–water partition coefficient (Wildman–Crippen LogP) is 1.29. The maximum absolute atomic E-state index is 10.9. The van der Waals surface area contributed by atoms with E-state index < -0.39 is 12.1 Å². The number of ketones is 1. The number of carbonyl (C=O) groups excluding carboxylic acids is 1. The highest BCUT2D eigenvalue weighted by atomic mass is 35.5. The maximum Gasteiger partial charge on any atom is 0.160 e. The van der Waals surface area contributed by atoms with Gasteiger partial charge in [-0.25, -0.2) is 0 Å². The summed E-state index contributed by atoms with van der Waals surface area (Å²) in [6, 6.07) is 6.04. The van der Waals surface area contributed by atoms with Crippen molar-refractivity contribution in [2.24, 2.45) is 5.73 Å². The van der Waals surface area contributed by atoms with Crippen LogP contribution in [0.15, 0.2) is 24.3 Å². The molecule has 0 amide bonds. The van der Waals surface area contributed by atoms with Gasteiger partial charge in [-0.05, 0) is 24.6 Å². The van der Waals surface area contributed by atoms with Crippen molar-refractivity contribution in [3.63, 3.8) is 0 Å². The van der Waals surface area contributed by atoms with Gasteiger partial charge in [-0.2, -0.15) is 0 Å². The molecule has 4 heteroatoms. The first-order valence-electron chi connectivity index (χ1n) is 4.22. The lowest BCUT2D eigenvalue weighted by Crippen LogP contribution is -2.31. The molecule has 1 aromatic rings. The van der Waals surface area contributed by atoms with E-state index in [4.69, 9.17) is 17.3 Å². The number of Topliss-reactive ketones (excluding diaryl/α,β-unsaturated/α-hetero) is 1. The summed E-state index contributed by atoms with van der Waals surface area (Å²) in [5, 5.41) is 10.0. The third-order valence-electron chi connectivity index (χ3n) is 2.01. The molecule has 1 rings (SSSR count). The third-order valence-corrected chi connectivity index (χ3v) is 2.26. The smallest absolute Gasteiger partial charge is 0.160 e. The van der Waals surface area contributed by atoms with Gasteiger partial charge in [0, 0.05) is 5.02 Å². The molecule has 3 N–H and O–H groups in total. The summed E-state index contributed by atoms with van der Waals surface area (Å²) in [7, 11) is 0. The van der Waals surface area contributed by atoms with Crippen LogP contribution in [-0.4, -0.2) is 17.0 Å². The number of benzene rings is 1. The molecule has 0 bridgehead atoms. The van der Waals surface area contributed by atoms with Crippen molar-refractivity contribution in [1.82, 2.24) is 0 Å². The summed E-state index contributed by atoms with van der Waals surface area (Å²) < 4.78 is 0. The molecule has 0 fully saturated rings. The highest BCUT2D eigenvalue weighted by molar-refractivity contribution is 6.30. The second kappa shape index (κ2) is 4.55. The van der Waals surface area contributed by atoms with Crippen molar-refractivity contribution >= 4 is 17.4 Å². The molecule has 0 aromatic heterocycles. The Morgan fingerprint density at radius 3 is 2.36 bits per heavy atom. The Labute approximate surface area is 87.5 Å². The molecular weight excluding hydrogens is 202 g/mol. The van der Waals surface area contributed by atoms with E-state index in [2.05, 4.69) is 0 Å². The fraction of sp³-hybridized carbons (Fsp3) is 0.300. The average Bonchev–Trinajstić information content (AvgIpc) is 2.16. The van der Waals surface area contributed by atoms with Crippen LogP contribution in [0.25, 0.3) is 0 Å². The monoisotopic (exact) mass is 213 g/mol. The number of aliphatic hydroxyl groups excluding tert-OH is 1. The predicted molar refractivity (Wildman–Crippen MR) is 55.1 cm³/mol. The minimum Gasteiger partial charge on any atom is -0.383 e. The second-order valence-corrected chi connectivity index (χ2v) is 3.57. The van der Waals surface area contributed by atoms with E-state index in [1.54, 1.807) is 24.3 Å². The van der Waals surface area contributed by atoms with Crippen LogP contribution in [0.4, 0.5) is 0 Å². The van der Waals surface area contributed by atoms with Crippen molar-refractivity contribution in [3.05, 3.63) is 34.9 Å². The van der Waals surface area contributed by atoms with Crippen LogP contribution in [0, 0.1) is 0 Å². The van der Waals surface area contributed by atoms with Crippen molar-refractivity contribution < 1.29 is 9.90 Å². The molecule has 76 valence electrons. The summed E-state index contributed by atoms with van der Waals surface area (Å²) >= 11 is 5.69. The van der Waals surface area contributed by atoms with E-state index in [0.717, 1.165) is 0 Å². The number of hydrogen-bond acceptors (Lipinski definition) is 3. The Bertz CT molecular complexity index is 323. The zero-order valence-corrected chi connectivity index (χ0v) is 8.53. The van der Waals surface area contributed by atoms with Gasteiger partial charge in [0.15, 0.2) is 5.78 Å². The van der Waals surface area contributed by atoms with Crippen LogP contribution >= 0.6 is 11.6 Å². The number of nitrogens with two attached hydrogens (primary N) is 1. The zero-order valence-electron chi connectivity index (χ0n) is 7.77. The topological polar surface area (TPSA) is 63.3 Å². The summed E-state index contributed by atoms with van der Waals surface area (Å²) in [6.07, 6.45) is -1.16. The second-order valence-electron chi connectivity index (χ2n) is 3.13. The molecule has 0 spiro atoms. The molecular formula is C10H12ClNO2. The molecule has 0 aliphatic carbocycles. The van der Waals surface area contributed by atoms with Crippen molar-refractivity contribution in [1.29, 1.82) is 0 Å². The minimum atomic E-state index is -1.16. The van der Waals surface area contributed by atoms with Gasteiger partial charge in [-0.15, -0.1) is 0 Å². The van der Waals surface area contributed by atoms with Gasteiger partial charge in [-0.1, -0.05) is 23.7 Å². The molecule has 3 nitrogen and oxygen atoms in total. The molecule has 0 heterocycles. The van der Waals surface area contributed by atoms with Crippen LogP contribution in [0.1, 0.15) is 18.5 Å². The molecule has 0 aliphatic rings. The normalized spacial score (nSPS) is 14.9. The Hall–Kier alpha value is -0.900. The molecule has 0 aliphatic heterocycles. The number of halogens is 1. The first-order valence-corrected chi connectivity index (χ1v) is 4.59. The SMILES string of the molecule is CC(=O)[C@@H](O)[C@H](N)c1ccc(Cl)cc1. The van der Waals surface area contributed by atoms with Crippen molar-refractivity contribution in [2.45, 2.75) is 19.1 Å². The standard InChI is InChI=1S/C10H12ClNO2/c1-6(13)10(14)9(12)7-2-4-8(11)5-3-7/h2-5,9-10,14H,12H2,1H3/t9-,10-/m1/s1. The fourth-order valence-electron chi connectivity index (χ4n) is 1.12. The lowest BCUT2D eigenvalue weighted by atomic mass is 10.0.